The summed E-state index contributed by atoms with van der Waals surface area (Å²) < 4.78 is 16.9. The molecule has 0 heterocycles. The van der Waals surface area contributed by atoms with Gasteiger partial charge in [0.15, 0.2) is 6.10 Å². The Bertz CT molecular complexity index is 1390. The molecule has 0 saturated carbocycles. The summed E-state index contributed by atoms with van der Waals surface area (Å²) in [4.78, 5) is 38.3. The molecule has 1 atom stereocenters. The van der Waals surface area contributed by atoms with Crippen LogP contribution in [0.15, 0.2) is 72.9 Å². The van der Waals surface area contributed by atoms with Gasteiger partial charge in [0.25, 0.3) is 0 Å². The SMILES string of the molecule is CC/C=C\C/C=C\C/C=C\C/C=C\CCCCCCCCCCCCCCC(=O)OCC(COC(=O)CCCCCCCCCCCCCCCC)OC(=O)CCCCCCCCC/C=C\C/C=C\CCCCCC. The zero-order valence-electron chi connectivity index (χ0n) is 49.8. The van der Waals surface area contributed by atoms with Crippen LogP contribution in [0, 0.1) is 0 Å². The van der Waals surface area contributed by atoms with Crippen LogP contribution in [-0.4, -0.2) is 37.2 Å². The molecule has 0 saturated heterocycles. The van der Waals surface area contributed by atoms with Crippen LogP contribution < -0.4 is 0 Å². The molecular weight excluding hydrogens is 925 g/mol. The number of esters is 3. The fourth-order valence-corrected chi connectivity index (χ4v) is 9.35. The van der Waals surface area contributed by atoms with Crippen molar-refractivity contribution in [2.75, 3.05) is 13.2 Å². The van der Waals surface area contributed by atoms with E-state index in [1.54, 1.807) is 0 Å². The predicted molar refractivity (Wildman–Crippen MR) is 325 cm³/mol. The standard InChI is InChI=1S/C69H122O6/c1-4-7-10-13-16-19-22-25-28-30-32-33-34-35-36-37-38-40-41-44-47-50-53-56-59-62-68(71)74-65-66(64-73-67(70)61-58-55-52-49-46-43-27-24-21-18-15-12-9-6-3)75-69(72)63-60-57-54-51-48-45-42-39-31-29-26-23-20-17-14-11-8-5-2/h7,10,16,19-20,23,25,28-29,31-33,66H,4-6,8-9,11-15,17-18,21-22,24,26-27,30,34-65H2,1-3H3/b10-7-,19-16-,23-20-,28-25-,31-29-,33-32-. The van der Waals surface area contributed by atoms with E-state index in [0.717, 1.165) is 96.3 Å². The lowest BCUT2D eigenvalue weighted by Crippen LogP contribution is -2.30. The normalized spacial score (nSPS) is 12.5. The highest BCUT2D eigenvalue weighted by Gasteiger charge is 2.19. The smallest absolute Gasteiger partial charge is 0.306 e. The number of rotatable bonds is 59. The van der Waals surface area contributed by atoms with Gasteiger partial charge >= 0.3 is 17.9 Å². The van der Waals surface area contributed by atoms with Crippen LogP contribution in [0.2, 0.25) is 0 Å². The summed E-state index contributed by atoms with van der Waals surface area (Å²) in [6.45, 7) is 6.55. The van der Waals surface area contributed by atoms with Crippen molar-refractivity contribution in [1.29, 1.82) is 0 Å². The molecule has 6 nitrogen and oxygen atoms in total. The van der Waals surface area contributed by atoms with E-state index in [9.17, 15) is 14.4 Å². The number of unbranched alkanes of at least 4 members (excludes halogenated alkanes) is 36. The molecule has 75 heavy (non-hydrogen) atoms. The molecule has 0 N–H and O–H groups in total. The minimum atomic E-state index is -0.779. The third-order valence-corrected chi connectivity index (χ3v) is 14.2. The van der Waals surface area contributed by atoms with Gasteiger partial charge in [-0.15, -0.1) is 0 Å². The predicted octanol–water partition coefficient (Wildman–Crippen LogP) is 22.1. The van der Waals surface area contributed by atoms with Gasteiger partial charge in [-0.05, 0) is 89.9 Å². The first-order valence-electron chi connectivity index (χ1n) is 32.4. The second-order valence-corrected chi connectivity index (χ2v) is 21.6. The monoisotopic (exact) mass is 1050 g/mol. The second kappa shape index (κ2) is 63.4. The Morgan fingerprint density at radius 2 is 0.520 bits per heavy atom. The molecule has 0 aliphatic rings. The van der Waals surface area contributed by atoms with E-state index in [0.29, 0.717) is 19.3 Å². The number of hydrogen-bond acceptors (Lipinski definition) is 6. The number of allylic oxidation sites excluding steroid dienone is 12. The Labute approximate surface area is 465 Å². The van der Waals surface area contributed by atoms with Gasteiger partial charge in [-0.3, -0.25) is 14.4 Å². The minimum Gasteiger partial charge on any atom is -0.462 e. The lowest BCUT2D eigenvalue weighted by molar-refractivity contribution is -0.167. The molecule has 0 fully saturated rings. The van der Waals surface area contributed by atoms with Crippen molar-refractivity contribution < 1.29 is 28.6 Å². The molecule has 0 aliphatic carbocycles. The minimum absolute atomic E-state index is 0.0752. The zero-order valence-corrected chi connectivity index (χ0v) is 49.8. The van der Waals surface area contributed by atoms with Gasteiger partial charge in [0, 0.05) is 19.3 Å². The first-order valence-corrected chi connectivity index (χ1v) is 32.4. The van der Waals surface area contributed by atoms with Crippen molar-refractivity contribution in [3.05, 3.63) is 72.9 Å². The van der Waals surface area contributed by atoms with Crippen molar-refractivity contribution in [1.82, 2.24) is 0 Å². The Morgan fingerprint density at radius 3 is 0.827 bits per heavy atom. The number of hydrogen-bond donors (Lipinski definition) is 0. The number of carbonyl (C=O) groups is 3. The van der Waals surface area contributed by atoms with Crippen LogP contribution in [0.3, 0.4) is 0 Å². The largest absolute Gasteiger partial charge is 0.462 e. The van der Waals surface area contributed by atoms with Crippen LogP contribution in [0.4, 0.5) is 0 Å². The maximum absolute atomic E-state index is 12.9. The molecular formula is C69H122O6. The summed E-state index contributed by atoms with van der Waals surface area (Å²) in [5.41, 5.74) is 0. The number of carbonyl (C=O) groups excluding carboxylic acids is 3. The van der Waals surface area contributed by atoms with Gasteiger partial charge in [0.1, 0.15) is 13.2 Å². The Kier molecular flexibility index (Phi) is 60.7. The summed E-state index contributed by atoms with van der Waals surface area (Å²) >= 11 is 0. The fourth-order valence-electron chi connectivity index (χ4n) is 9.35. The van der Waals surface area contributed by atoms with E-state index in [4.69, 9.17) is 14.2 Å². The molecule has 6 heteroatoms. The van der Waals surface area contributed by atoms with Crippen molar-refractivity contribution >= 4 is 17.9 Å². The van der Waals surface area contributed by atoms with Crippen LogP contribution in [-0.2, 0) is 28.6 Å². The zero-order chi connectivity index (χ0) is 54.3. The highest BCUT2D eigenvalue weighted by molar-refractivity contribution is 5.71. The molecule has 0 spiro atoms. The van der Waals surface area contributed by atoms with Gasteiger partial charge in [0.05, 0.1) is 0 Å². The maximum atomic E-state index is 12.9. The lowest BCUT2D eigenvalue weighted by Gasteiger charge is -2.18. The number of ether oxygens (including phenoxy) is 3. The van der Waals surface area contributed by atoms with Crippen LogP contribution in [0.25, 0.3) is 0 Å². The first-order chi connectivity index (χ1) is 37.0. The van der Waals surface area contributed by atoms with E-state index in [1.807, 2.05) is 0 Å². The van der Waals surface area contributed by atoms with Crippen molar-refractivity contribution in [3.63, 3.8) is 0 Å². The first kappa shape index (κ1) is 71.8. The summed E-state index contributed by atoms with van der Waals surface area (Å²) in [5.74, 6) is -0.868. The van der Waals surface area contributed by atoms with E-state index in [2.05, 4.69) is 93.7 Å². The van der Waals surface area contributed by atoms with E-state index < -0.39 is 6.10 Å². The topological polar surface area (TPSA) is 78.9 Å². The molecule has 0 bridgehead atoms. The Hall–Kier alpha value is -3.15. The molecule has 0 rings (SSSR count). The lowest BCUT2D eigenvalue weighted by atomic mass is 10.0. The maximum Gasteiger partial charge on any atom is 0.306 e. The quantitative estimate of drug-likeness (QED) is 0.0261. The molecule has 0 radical (unpaired) electrons. The molecule has 434 valence electrons. The van der Waals surface area contributed by atoms with Crippen molar-refractivity contribution in [3.8, 4) is 0 Å². The average Bonchev–Trinajstić information content (AvgIpc) is 3.41. The molecule has 0 aromatic heterocycles. The van der Waals surface area contributed by atoms with Crippen molar-refractivity contribution in [2.24, 2.45) is 0 Å². The molecule has 1 unspecified atom stereocenters. The van der Waals surface area contributed by atoms with Gasteiger partial charge in [-0.25, -0.2) is 0 Å². The summed E-state index contributed by atoms with van der Waals surface area (Å²) in [6, 6.07) is 0. The van der Waals surface area contributed by atoms with Gasteiger partial charge in [0.2, 0.25) is 0 Å². The highest BCUT2D eigenvalue weighted by Crippen LogP contribution is 2.17. The van der Waals surface area contributed by atoms with Crippen molar-refractivity contribution in [2.45, 2.75) is 335 Å². The Morgan fingerprint density at radius 1 is 0.280 bits per heavy atom. The average molecular weight is 1050 g/mol. The third kappa shape index (κ3) is 61.6. The summed E-state index contributed by atoms with van der Waals surface area (Å²) in [7, 11) is 0. The third-order valence-electron chi connectivity index (χ3n) is 14.2. The Balaban J connectivity index is 4.31. The summed E-state index contributed by atoms with van der Waals surface area (Å²) in [5, 5.41) is 0. The van der Waals surface area contributed by atoms with Crippen LogP contribution in [0.5, 0.6) is 0 Å². The highest BCUT2D eigenvalue weighted by atomic mass is 16.6. The van der Waals surface area contributed by atoms with E-state index >= 15 is 0 Å². The van der Waals surface area contributed by atoms with Gasteiger partial charge in [-0.2, -0.15) is 0 Å². The van der Waals surface area contributed by atoms with E-state index in [-0.39, 0.29) is 31.1 Å². The van der Waals surface area contributed by atoms with Crippen LogP contribution >= 0.6 is 0 Å². The second-order valence-electron chi connectivity index (χ2n) is 21.6. The van der Waals surface area contributed by atoms with Gasteiger partial charge in [-0.1, -0.05) is 293 Å². The summed E-state index contributed by atoms with van der Waals surface area (Å²) in [6.07, 6.45) is 81.9. The molecule has 0 aromatic carbocycles. The fraction of sp³-hybridized carbons (Fsp3) is 0.783. The molecule has 0 aromatic rings. The molecule has 0 amide bonds. The van der Waals surface area contributed by atoms with E-state index in [1.165, 1.54) is 193 Å². The van der Waals surface area contributed by atoms with Crippen LogP contribution in [0.1, 0.15) is 329 Å². The molecule has 0 aliphatic heterocycles. The van der Waals surface area contributed by atoms with Gasteiger partial charge < -0.3 is 14.2 Å².